The predicted molar refractivity (Wildman–Crippen MR) is 144 cm³/mol. The molecule has 2 heterocycles. The summed E-state index contributed by atoms with van der Waals surface area (Å²) in [5.41, 5.74) is 5.03. The molecule has 2 aromatic rings. The number of fused-ring (bicyclic) bond motifs is 1. The van der Waals surface area contributed by atoms with Crippen LogP contribution in [0.3, 0.4) is 0 Å². The molecule has 0 aromatic heterocycles. The van der Waals surface area contributed by atoms with Crippen LogP contribution in [0.4, 0.5) is 16.2 Å². The number of carbonyl (C=O) groups excluding carboxylic acids is 3. The second-order valence-electron chi connectivity index (χ2n) is 9.41. The van der Waals surface area contributed by atoms with Crippen molar-refractivity contribution in [1.82, 2.24) is 25.6 Å². The zero-order valence-electron chi connectivity index (χ0n) is 21.9. The minimum Gasteiger partial charge on any atom is -0.376 e. The van der Waals surface area contributed by atoms with E-state index in [0.29, 0.717) is 39.3 Å². The van der Waals surface area contributed by atoms with Crippen LogP contribution in [0.15, 0.2) is 42.5 Å². The van der Waals surface area contributed by atoms with Crippen molar-refractivity contribution < 1.29 is 14.4 Å². The molecule has 10 nitrogen and oxygen atoms in total. The minimum absolute atomic E-state index is 0.0112. The van der Waals surface area contributed by atoms with Gasteiger partial charge in [0.05, 0.1) is 6.54 Å². The lowest BCUT2D eigenvalue weighted by molar-refractivity contribution is -0.151. The largest absolute Gasteiger partial charge is 0.376 e. The van der Waals surface area contributed by atoms with Crippen LogP contribution in [0.2, 0.25) is 0 Å². The molecular weight excluding hydrogens is 470 g/mol. The number of hydrogen-bond donors (Lipinski definition) is 3. The number of hydrogen-bond acceptors (Lipinski definition) is 6. The molecule has 0 bridgehead atoms. The van der Waals surface area contributed by atoms with Crippen LogP contribution in [-0.4, -0.2) is 85.6 Å². The fourth-order valence-corrected chi connectivity index (χ4v) is 4.65. The van der Waals surface area contributed by atoms with Crippen LogP contribution in [0.1, 0.15) is 23.6 Å². The Hall–Kier alpha value is -3.63. The Morgan fingerprint density at radius 3 is 2.43 bits per heavy atom. The lowest BCUT2D eigenvalue weighted by Gasteiger charge is -2.31. The maximum atomic E-state index is 13.2. The fraction of sp³-hybridized carbons (Fsp3) is 0.444. The lowest BCUT2D eigenvalue weighted by Crippen LogP contribution is -2.49. The molecule has 1 saturated heterocycles. The predicted octanol–water partition coefficient (Wildman–Crippen LogP) is 1.76. The molecule has 0 atom stereocenters. The number of rotatable bonds is 11. The topological polar surface area (TPSA) is 100 Å². The van der Waals surface area contributed by atoms with Gasteiger partial charge in [0, 0.05) is 57.7 Å². The number of nitrogens with one attached hydrogen (secondary N) is 3. The number of nitrogens with zero attached hydrogens (tertiary/aromatic N) is 4. The van der Waals surface area contributed by atoms with Crippen molar-refractivity contribution in [2.24, 2.45) is 0 Å². The first-order valence-corrected chi connectivity index (χ1v) is 12.8. The van der Waals surface area contributed by atoms with Gasteiger partial charge in [-0.1, -0.05) is 31.2 Å². The van der Waals surface area contributed by atoms with Gasteiger partial charge in [-0.15, -0.1) is 0 Å². The number of aryl methyl sites for hydroxylation is 1. The van der Waals surface area contributed by atoms with E-state index in [1.807, 2.05) is 49.2 Å². The first-order valence-electron chi connectivity index (χ1n) is 12.8. The Balaban J connectivity index is 1.35. The molecule has 0 aliphatic carbocycles. The van der Waals surface area contributed by atoms with E-state index in [1.54, 1.807) is 21.9 Å². The summed E-state index contributed by atoms with van der Waals surface area (Å²) >= 11 is 0. The van der Waals surface area contributed by atoms with Crippen molar-refractivity contribution in [3.05, 3.63) is 59.2 Å². The Morgan fingerprint density at radius 2 is 1.81 bits per heavy atom. The first-order chi connectivity index (χ1) is 17.9. The number of benzene rings is 2. The summed E-state index contributed by atoms with van der Waals surface area (Å²) in [5, 5.41) is 12.9. The number of likely N-dealkylation sites (N-methyl/N-ethyl adjacent to an activating group) is 2. The monoisotopic (exact) mass is 507 g/mol. The van der Waals surface area contributed by atoms with Crippen molar-refractivity contribution in [1.29, 1.82) is 0 Å². The van der Waals surface area contributed by atoms with E-state index < -0.39 is 0 Å². The summed E-state index contributed by atoms with van der Waals surface area (Å²) < 4.78 is 0. The molecule has 4 rings (SSSR count). The van der Waals surface area contributed by atoms with Gasteiger partial charge in [0.1, 0.15) is 6.54 Å². The number of amides is 4. The SMILES string of the molecule is CCNCCN(CC(=O)N(C)N1Cc2ccccc2C1)C(=O)CNc1ccc(N2CCNC2=O)cc1C. The van der Waals surface area contributed by atoms with Gasteiger partial charge in [0.25, 0.3) is 5.91 Å². The molecule has 10 heteroatoms. The highest BCUT2D eigenvalue weighted by Gasteiger charge is 2.27. The Labute approximate surface area is 218 Å². The van der Waals surface area contributed by atoms with Crippen LogP contribution in [0.5, 0.6) is 0 Å². The molecule has 0 saturated carbocycles. The molecule has 2 aliphatic heterocycles. The van der Waals surface area contributed by atoms with Crippen LogP contribution >= 0.6 is 0 Å². The fourth-order valence-electron chi connectivity index (χ4n) is 4.65. The molecule has 3 N–H and O–H groups in total. The average molecular weight is 508 g/mol. The van der Waals surface area contributed by atoms with E-state index in [2.05, 4.69) is 28.1 Å². The van der Waals surface area contributed by atoms with E-state index >= 15 is 0 Å². The Bertz CT molecular complexity index is 1110. The standard InChI is InChI=1S/C27H37N7O3/c1-4-28-11-13-32(19-26(36)31(3)33-17-21-7-5-6-8-22(21)18-33)25(35)16-30-24-10-9-23(15-20(24)2)34-14-12-29-27(34)37/h5-10,15,28,30H,4,11-14,16-19H2,1-3H3,(H,29,37). The van der Waals surface area contributed by atoms with E-state index in [4.69, 9.17) is 0 Å². The molecular formula is C27H37N7O3. The third kappa shape index (κ3) is 6.39. The maximum Gasteiger partial charge on any atom is 0.321 e. The Kier molecular flexibility index (Phi) is 8.62. The van der Waals surface area contributed by atoms with E-state index in [9.17, 15) is 14.4 Å². The van der Waals surface area contributed by atoms with Gasteiger partial charge in [-0.2, -0.15) is 0 Å². The van der Waals surface area contributed by atoms with E-state index in [0.717, 1.165) is 23.5 Å². The zero-order valence-corrected chi connectivity index (χ0v) is 21.9. The molecule has 37 heavy (non-hydrogen) atoms. The van der Waals surface area contributed by atoms with Crippen molar-refractivity contribution >= 4 is 29.2 Å². The normalized spacial score (nSPS) is 14.9. The Morgan fingerprint density at radius 1 is 1.08 bits per heavy atom. The smallest absolute Gasteiger partial charge is 0.321 e. The number of urea groups is 1. The third-order valence-corrected chi connectivity index (χ3v) is 6.91. The molecule has 4 amide bonds. The van der Waals surface area contributed by atoms with Gasteiger partial charge in [0.2, 0.25) is 5.91 Å². The van der Waals surface area contributed by atoms with Gasteiger partial charge in [-0.3, -0.25) is 19.5 Å². The van der Waals surface area contributed by atoms with Crippen molar-refractivity contribution in [3.8, 4) is 0 Å². The number of anilines is 2. The number of hydrazine groups is 1. The highest BCUT2D eigenvalue weighted by Crippen LogP contribution is 2.24. The maximum absolute atomic E-state index is 13.2. The summed E-state index contributed by atoms with van der Waals surface area (Å²) in [6.07, 6.45) is 0. The lowest BCUT2D eigenvalue weighted by atomic mass is 10.1. The van der Waals surface area contributed by atoms with Crippen molar-refractivity contribution in [2.75, 3.05) is 63.1 Å². The summed E-state index contributed by atoms with van der Waals surface area (Å²) in [5.74, 6) is -0.270. The summed E-state index contributed by atoms with van der Waals surface area (Å²) in [4.78, 5) is 41.6. The highest BCUT2D eigenvalue weighted by molar-refractivity contribution is 5.94. The van der Waals surface area contributed by atoms with Gasteiger partial charge in [-0.05, 0) is 48.4 Å². The molecule has 1 fully saturated rings. The first kappa shape index (κ1) is 26.4. The number of carbonyl (C=O) groups is 3. The van der Waals surface area contributed by atoms with Gasteiger partial charge < -0.3 is 20.9 Å². The van der Waals surface area contributed by atoms with Crippen LogP contribution in [0.25, 0.3) is 0 Å². The quantitative estimate of drug-likeness (QED) is 0.401. The zero-order chi connectivity index (χ0) is 26.4. The van der Waals surface area contributed by atoms with E-state index in [1.165, 1.54) is 11.1 Å². The van der Waals surface area contributed by atoms with Crippen molar-refractivity contribution in [2.45, 2.75) is 26.9 Å². The van der Waals surface area contributed by atoms with Crippen LogP contribution in [0, 0.1) is 6.92 Å². The second kappa shape index (κ2) is 12.1. The third-order valence-electron chi connectivity index (χ3n) is 6.91. The molecule has 198 valence electrons. The average Bonchev–Trinajstić information content (AvgIpc) is 3.52. The van der Waals surface area contributed by atoms with Crippen LogP contribution < -0.4 is 20.9 Å². The second-order valence-corrected chi connectivity index (χ2v) is 9.41. The molecule has 0 radical (unpaired) electrons. The summed E-state index contributed by atoms with van der Waals surface area (Å²) in [6.45, 7) is 8.51. The molecule has 2 aliphatic rings. The van der Waals surface area contributed by atoms with Gasteiger partial charge in [-0.25, -0.2) is 9.80 Å². The van der Waals surface area contributed by atoms with Crippen molar-refractivity contribution in [3.63, 3.8) is 0 Å². The molecule has 2 aromatic carbocycles. The minimum atomic E-state index is -0.147. The molecule has 0 spiro atoms. The van der Waals surface area contributed by atoms with Gasteiger partial charge >= 0.3 is 6.03 Å². The van der Waals surface area contributed by atoms with E-state index in [-0.39, 0.29) is 30.9 Å². The summed E-state index contributed by atoms with van der Waals surface area (Å²) in [6, 6.07) is 13.8. The molecule has 0 unspecified atom stereocenters. The van der Waals surface area contributed by atoms with Gasteiger partial charge in [0.15, 0.2) is 0 Å². The highest BCUT2D eigenvalue weighted by atomic mass is 16.2. The van der Waals surface area contributed by atoms with Crippen LogP contribution in [-0.2, 0) is 22.7 Å². The summed E-state index contributed by atoms with van der Waals surface area (Å²) in [7, 11) is 1.77.